The lowest BCUT2D eigenvalue weighted by molar-refractivity contribution is 0.804. The van der Waals surface area contributed by atoms with Crippen LogP contribution in [0.15, 0.2) is 36.5 Å². The molecular formula is C25H30IN5S2. The number of aryl methyl sites for hydroxylation is 2. The van der Waals surface area contributed by atoms with E-state index in [2.05, 4.69) is 96.1 Å². The summed E-state index contributed by atoms with van der Waals surface area (Å²) in [6.07, 6.45) is 3.13. The molecule has 0 bridgehead atoms. The Kier molecular flexibility index (Phi) is 8.43. The molecule has 2 aromatic carbocycles. The molecule has 0 fully saturated rings. The number of H-pyrrole nitrogens is 1. The maximum Gasteiger partial charge on any atom is 0.114 e. The van der Waals surface area contributed by atoms with Crippen LogP contribution in [0.3, 0.4) is 0 Å². The number of benzene rings is 2. The minimum absolute atomic E-state index is 0.135. The minimum atomic E-state index is 0.135. The Balaban J connectivity index is 0.000000454. The molecule has 0 aliphatic rings. The standard InChI is InChI=1S/C21H19IN4S.C4H11NS/c1-4-15-9-12(2)20-16(7-8-26(20)27-22)19(15)13(3)21-24-17-6-5-14(11-23)10-18(17)25-21;1-4(2,3)6-5/h5-10,13H,4H2,1-3H3,(H,24,25);5H2,1-3H3. The summed E-state index contributed by atoms with van der Waals surface area (Å²) in [4.78, 5) is 8.26. The van der Waals surface area contributed by atoms with Crippen LogP contribution in [0.2, 0.25) is 0 Å². The molecule has 1 atom stereocenters. The van der Waals surface area contributed by atoms with Gasteiger partial charge in [0.15, 0.2) is 0 Å². The Morgan fingerprint density at radius 1 is 1.27 bits per heavy atom. The van der Waals surface area contributed by atoms with Crippen molar-refractivity contribution < 1.29 is 0 Å². The summed E-state index contributed by atoms with van der Waals surface area (Å²) in [5.74, 6) is 1.07. The van der Waals surface area contributed by atoms with Gasteiger partial charge < -0.3 is 4.98 Å². The number of hydrogen-bond acceptors (Lipinski definition) is 5. The van der Waals surface area contributed by atoms with Crippen molar-refractivity contribution >= 4 is 64.2 Å². The van der Waals surface area contributed by atoms with Crippen molar-refractivity contribution in [1.29, 1.82) is 5.26 Å². The van der Waals surface area contributed by atoms with E-state index in [0.29, 0.717) is 5.56 Å². The zero-order chi connectivity index (χ0) is 24.3. The first-order valence-corrected chi connectivity index (χ1v) is 15.0. The van der Waals surface area contributed by atoms with Crippen LogP contribution >= 0.6 is 42.3 Å². The first kappa shape index (κ1) is 25.9. The zero-order valence-corrected chi connectivity index (χ0v) is 23.7. The molecule has 0 saturated heterocycles. The topological polar surface area (TPSA) is 83.4 Å². The number of nitrogens with two attached hydrogens (primary N) is 1. The number of aromatic amines is 1. The predicted molar refractivity (Wildman–Crippen MR) is 153 cm³/mol. The van der Waals surface area contributed by atoms with Gasteiger partial charge in [-0.3, -0.25) is 9.11 Å². The molecule has 33 heavy (non-hydrogen) atoms. The van der Waals surface area contributed by atoms with Gasteiger partial charge in [-0.1, -0.05) is 31.9 Å². The van der Waals surface area contributed by atoms with Crippen LogP contribution in [-0.4, -0.2) is 18.7 Å². The number of aromatic nitrogens is 3. The molecule has 0 radical (unpaired) electrons. The van der Waals surface area contributed by atoms with E-state index in [9.17, 15) is 0 Å². The first-order chi connectivity index (χ1) is 15.6. The van der Waals surface area contributed by atoms with E-state index >= 15 is 0 Å². The Morgan fingerprint density at radius 3 is 2.55 bits per heavy atom. The van der Waals surface area contributed by atoms with Gasteiger partial charge >= 0.3 is 0 Å². The van der Waals surface area contributed by atoms with Gasteiger partial charge in [0.05, 0.1) is 28.2 Å². The van der Waals surface area contributed by atoms with Gasteiger partial charge in [0.1, 0.15) is 5.82 Å². The first-order valence-electron chi connectivity index (χ1n) is 10.8. The second-order valence-electron chi connectivity index (χ2n) is 9.01. The normalized spacial score (nSPS) is 12.5. The van der Waals surface area contributed by atoms with Crippen LogP contribution in [-0.2, 0) is 6.42 Å². The number of imidazole rings is 1. The average Bonchev–Trinajstić information content (AvgIpc) is 3.42. The Bertz CT molecular complexity index is 1310. The Morgan fingerprint density at radius 2 is 1.97 bits per heavy atom. The lowest BCUT2D eigenvalue weighted by atomic mass is 9.89. The van der Waals surface area contributed by atoms with Gasteiger partial charge in [0.2, 0.25) is 0 Å². The molecule has 5 nitrogen and oxygen atoms in total. The summed E-state index contributed by atoms with van der Waals surface area (Å²) < 4.78 is 2.46. The fourth-order valence-corrected chi connectivity index (χ4v) is 5.30. The van der Waals surface area contributed by atoms with Crippen LogP contribution in [0, 0.1) is 18.3 Å². The van der Waals surface area contributed by atoms with E-state index in [1.807, 2.05) is 18.2 Å². The predicted octanol–water partition coefficient (Wildman–Crippen LogP) is 7.65. The second kappa shape index (κ2) is 10.7. The molecule has 0 amide bonds. The SMILES string of the molecule is CC(C)(C)SN.CCc1cc(C)c2c(ccn2SI)c1C(C)c1nc2ccc(C#N)cc2[nH]1. The smallest absolute Gasteiger partial charge is 0.114 e. The third-order valence-electron chi connectivity index (χ3n) is 5.53. The molecule has 0 saturated carbocycles. The van der Waals surface area contributed by atoms with E-state index in [-0.39, 0.29) is 10.7 Å². The lowest BCUT2D eigenvalue weighted by Gasteiger charge is -2.18. The molecule has 2 aromatic heterocycles. The van der Waals surface area contributed by atoms with Gasteiger partial charge in [0.25, 0.3) is 0 Å². The molecule has 2 heterocycles. The van der Waals surface area contributed by atoms with E-state index in [1.165, 1.54) is 39.5 Å². The van der Waals surface area contributed by atoms with Crippen LogP contribution in [0.5, 0.6) is 0 Å². The van der Waals surface area contributed by atoms with E-state index in [0.717, 1.165) is 23.3 Å². The summed E-state index contributed by atoms with van der Waals surface area (Å²) in [6.45, 7) is 12.8. The fourth-order valence-electron chi connectivity index (χ4n) is 3.90. The highest BCUT2D eigenvalue weighted by Gasteiger charge is 2.21. The van der Waals surface area contributed by atoms with Crippen LogP contribution in [0.1, 0.15) is 68.6 Å². The molecule has 174 valence electrons. The maximum absolute atomic E-state index is 9.14. The quantitative estimate of drug-likeness (QED) is 0.188. The summed E-state index contributed by atoms with van der Waals surface area (Å²) >= 11 is 3.71. The van der Waals surface area contributed by atoms with E-state index in [1.54, 1.807) is 9.12 Å². The highest BCUT2D eigenvalue weighted by molar-refractivity contribution is 14.2. The Labute approximate surface area is 216 Å². The summed E-state index contributed by atoms with van der Waals surface area (Å²) in [5.41, 5.74) is 7.74. The number of hydrogen-bond donors (Lipinski definition) is 2. The molecule has 4 rings (SSSR count). The van der Waals surface area contributed by atoms with Crippen molar-refractivity contribution in [1.82, 2.24) is 13.9 Å². The van der Waals surface area contributed by atoms with E-state index in [4.69, 9.17) is 15.4 Å². The summed E-state index contributed by atoms with van der Waals surface area (Å²) in [7, 11) is 1.69. The molecular weight excluding hydrogens is 561 g/mol. The zero-order valence-electron chi connectivity index (χ0n) is 19.9. The highest BCUT2D eigenvalue weighted by Crippen LogP contribution is 2.37. The van der Waals surface area contributed by atoms with Gasteiger partial charge in [-0.25, -0.2) is 4.98 Å². The second-order valence-corrected chi connectivity index (χ2v) is 12.2. The van der Waals surface area contributed by atoms with Crippen molar-refractivity contribution in [2.75, 3.05) is 0 Å². The van der Waals surface area contributed by atoms with Gasteiger partial charge in [-0.15, -0.1) is 0 Å². The number of nitrogens with zero attached hydrogens (tertiary/aromatic N) is 3. The molecule has 0 aliphatic heterocycles. The fraction of sp³-hybridized carbons (Fsp3) is 0.360. The Hall–Kier alpha value is -1.67. The number of rotatable bonds is 4. The van der Waals surface area contributed by atoms with Crippen molar-refractivity contribution in [3.05, 3.63) is 64.6 Å². The minimum Gasteiger partial charge on any atom is -0.341 e. The third kappa shape index (κ3) is 5.70. The van der Waals surface area contributed by atoms with Crippen LogP contribution in [0.25, 0.3) is 21.9 Å². The monoisotopic (exact) mass is 591 g/mol. The number of fused-ring (bicyclic) bond motifs is 2. The van der Waals surface area contributed by atoms with Crippen LogP contribution in [0.4, 0.5) is 0 Å². The summed E-state index contributed by atoms with van der Waals surface area (Å²) in [5, 5.41) is 15.7. The molecule has 0 aliphatic carbocycles. The summed E-state index contributed by atoms with van der Waals surface area (Å²) in [6, 6.07) is 12.3. The molecule has 8 heteroatoms. The van der Waals surface area contributed by atoms with Crippen molar-refractivity contribution in [3.8, 4) is 6.07 Å². The molecule has 0 spiro atoms. The number of nitriles is 1. The molecule has 1 unspecified atom stereocenters. The largest absolute Gasteiger partial charge is 0.341 e. The van der Waals surface area contributed by atoms with Crippen molar-refractivity contribution in [3.63, 3.8) is 0 Å². The van der Waals surface area contributed by atoms with Crippen molar-refractivity contribution in [2.24, 2.45) is 5.14 Å². The van der Waals surface area contributed by atoms with Gasteiger partial charge in [-0.05, 0) is 75.1 Å². The van der Waals surface area contributed by atoms with Gasteiger partial charge in [-0.2, -0.15) is 5.26 Å². The maximum atomic E-state index is 9.14. The number of nitrogens with one attached hydrogen (secondary N) is 1. The lowest BCUT2D eigenvalue weighted by Crippen LogP contribution is -2.09. The van der Waals surface area contributed by atoms with Gasteiger partial charge in [0, 0.05) is 52.6 Å². The number of halogens is 1. The average molecular weight is 592 g/mol. The highest BCUT2D eigenvalue weighted by atomic mass is 127. The molecule has 4 aromatic rings. The van der Waals surface area contributed by atoms with Crippen molar-refractivity contribution in [2.45, 2.75) is 58.6 Å². The molecule has 3 N–H and O–H groups in total. The third-order valence-corrected chi connectivity index (χ3v) is 7.97. The van der Waals surface area contributed by atoms with Crippen LogP contribution < -0.4 is 5.14 Å². The van der Waals surface area contributed by atoms with E-state index < -0.39 is 0 Å².